The molecule has 3 unspecified atom stereocenters. The van der Waals surface area contributed by atoms with Crippen molar-refractivity contribution in [3.05, 3.63) is 83.6 Å². The van der Waals surface area contributed by atoms with Gasteiger partial charge in [0.2, 0.25) is 5.91 Å². The predicted molar refractivity (Wildman–Crippen MR) is 149 cm³/mol. The number of likely N-dealkylation sites (tertiary alicyclic amines) is 2. The highest BCUT2D eigenvalue weighted by atomic mass is 16.5. The first-order chi connectivity index (χ1) is 19.0. The van der Waals surface area contributed by atoms with Crippen LogP contribution in [0.5, 0.6) is 0 Å². The van der Waals surface area contributed by atoms with E-state index in [1.54, 1.807) is 0 Å². The number of carbonyl (C=O) groups excluding carboxylic acids is 2. The second kappa shape index (κ2) is 11.4. The fraction of sp³-hybridized carbons (Fsp3) is 0.438. The molecule has 7 nitrogen and oxygen atoms in total. The largest absolute Gasteiger partial charge is 0.461 e. The zero-order chi connectivity index (χ0) is 26.8. The van der Waals surface area contributed by atoms with E-state index in [2.05, 4.69) is 22.3 Å². The molecular formula is C32H37N3O4. The number of rotatable bonds is 8. The molecule has 3 saturated heterocycles. The number of amides is 2. The molecule has 4 heterocycles. The Labute approximate surface area is 230 Å². The zero-order valence-corrected chi connectivity index (χ0v) is 22.6. The number of furan rings is 1. The first kappa shape index (κ1) is 25.8. The van der Waals surface area contributed by atoms with Gasteiger partial charge in [0.25, 0.3) is 5.91 Å². The summed E-state index contributed by atoms with van der Waals surface area (Å²) >= 11 is 0. The summed E-state index contributed by atoms with van der Waals surface area (Å²) in [5, 5.41) is 3.30. The van der Waals surface area contributed by atoms with Crippen molar-refractivity contribution in [3.63, 3.8) is 0 Å². The average Bonchev–Trinajstić information content (AvgIpc) is 3.76. The minimum atomic E-state index is -0.0477. The first-order valence-corrected chi connectivity index (χ1v) is 14.2. The van der Waals surface area contributed by atoms with Crippen LogP contribution in [0, 0.1) is 24.7 Å². The smallest absolute Gasteiger partial charge is 0.257 e. The molecule has 7 heteroatoms. The molecule has 6 rings (SSSR count). The molecule has 39 heavy (non-hydrogen) atoms. The number of hydrogen-bond acceptors (Lipinski definition) is 5. The normalized spacial score (nSPS) is 23.6. The molecule has 1 aromatic heterocycles. The van der Waals surface area contributed by atoms with Gasteiger partial charge < -0.3 is 24.3 Å². The number of nitrogens with zero attached hydrogens (tertiary/aromatic N) is 2. The van der Waals surface area contributed by atoms with E-state index in [-0.39, 0.29) is 23.8 Å². The second-order valence-corrected chi connectivity index (χ2v) is 11.3. The first-order valence-electron chi connectivity index (χ1n) is 14.2. The summed E-state index contributed by atoms with van der Waals surface area (Å²) in [5.74, 6) is 2.50. The van der Waals surface area contributed by atoms with Crippen LogP contribution in [0.15, 0.2) is 71.1 Å². The van der Waals surface area contributed by atoms with E-state index in [4.69, 9.17) is 9.15 Å². The molecule has 3 aliphatic heterocycles. The maximum absolute atomic E-state index is 13.4. The Morgan fingerprint density at radius 2 is 1.67 bits per heavy atom. The molecule has 0 saturated carbocycles. The minimum Gasteiger partial charge on any atom is -0.461 e. The summed E-state index contributed by atoms with van der Waals surface area (Å²) in [6, 6.07) is 22.1. The van der Waals surface area contributed by atoms with Crippen molar-refractivity contribution in [3.8, 4) is 11.3 Å². The van der Waals surface area contributed by atoms with Crippen molar-refractivity contribution in [2.24, 2.45) is 17.8 Å². The van der Waals surface area contributed by atoms with Crippen LogP contribution in [0.25, 0.3) is 11.3 Å². The summed E-state index contributed by atoms with van der Waals surface area (Å²) in [7, 11) is 0. The van der Waals surface area contributed by atoms with Gasteiger partial charge in [-0.2, -0.15) is 0 Å². The number of ether oxygens (including phenoxy) is 1. The summed E-state index contributed by atoms with van der Waals surface area (Å²) in [4.78, 5) is 30.8. The van der Waals surface area contributed by atoms with Gasteiger partial charge in [-0.25, -0.2) is 0 Å². The highest BCUT2D eigenvalue weighted by Gasteiger charge is 2.42. The Morgan fingerprint density at radius 1 is 0.974 bits per heavy atom. The molecule has 0 bridgehead atoms. The van der Waals surface area contributed by atoms with Crippen molar-refractivity contribution in [1.29, 1.82) is 0 Å². The lowest BCUT2D eigenvalue weighted by molar-refractivity contribution is -0.125. The molecule has 0 radical (unpaired) electrons. The average molecular weight is 528 g/mol. The molecule has 0 spiro atoms. The van der Waals surface area contributed by atoms with Crippen LogP contribution in [-0.4, -0.2) is 67.6 Å². The van der Waals surface area contributed by atoms with Gasteiger partial charge in [0.15, 0.2) is 0 Å². The van der Waals surface area contributed by atoms with E-state index < -0.39 is 0 Å². The molecule has 0 aliphatic carbocycles. The number of hydrogen-bond donors (Lipinski definition) is 1. The molecule has 2 amide bonds. The third kappa shape index (κ3) is 5.65. The molecule has 1 N–H and O–H groups in total. The van der Waals surface area contributed by atoms with Crippen molar-refractivity contribution in [2.45, 2.75) is 25.8 Å². The molecule has 204 valence electrons. The number of fused-ring (bicyclic) bond motifs is 1. The van der Waals surface area contributed by atoms with Gasteiger partial charge in [-0.3, -0.25) is 9.59 Å². The highest BCUT2D eigenvalue weighted by molar-refractivity contribution is 5.96. The standard InChI is InChI=1S/C32H37N3O4/c1-22-28(16-30(39-22)24-10-6-3-7-11-24)32(37)35-19-26-17-34(18-27(26)20-35)14-12-29(23-8-4-2-5-9-23)33-31(36)25-13-15-38-21-25/h2-11,16,25-27,29H,12-15,17-21H2,1H3,(H,33,36)/t25?,26?,27?,29-/m0/s1. The molecule has 2 aromatic carbocycles. The topological polar surface area (TPSA) is 75.0 Å². The number of benzene rings is 2. The van der Waals surface area contributed by atoms with Gasteiger partial charge in [-0.05, 0) is 43.2 Å². The van der Waals surface area contributed by atoms with Crippen LogP contribution in [0.2, 0.25) is 0 Å². The van der Waals surface area contributed by atoms with E-state index in [9.17, 15) is 9.59 Å². The van der Waals surface area contributed by atoms with Crippen molar-refractivity contribution in [1.82, 2.24) is 15.1 Å². The van der Waals surface area contributed by atoms with Gasteiger partial charge in [-0.15, -0.1) is 0 Å². The summed E-state index contributed by atoms with van der Waals surface area (Å²) in [6.45, 7) is 7.52. The van der Waals surface area contributed by atoms with Crippen LogP contribution in [0.1, 0.15) is 40.6 Å². The Balaban J connectivity index is 1.04. The number of carbonyl (C=O) groups is 2. The lowest BCUT2D eigenvalue weighted by Crippen LogP contribution is -2.37. The molecule has 4 atom stereocenters. The fourth-order valence-electron chi connectivity index (χ4n) is 6.40. The third-order valence-corrected chi connectivity index (χ3v) is 8.61. The lowest BCUT2D eigenvalue weighted by atomic mass is 10.0. The Morgan fingerprint density at radius 3 is 2.33 bits per heavy atom. The third-order valence-electron chi connectivity index (χ3n) is 8.61. The van der Waals surface area contributed by atoms with Crippen molar-refractivity contribution >= 4 is 11.8 Å². The molecule has 3 aliphatic rings. The fourth-order valence-corrected chi connectivity index (χ4v) is 6.40. The van der Waals surface area contributed by atoms with Gasteiger partial charge >= 0.3 is 0 Å². The van der Waals surface area contributed by atoms with Crippen LogP contribution < -0.4 is 5.32 Å². The van der Waals surface area contributed by atoms with E-state index in [0.717, 1.165) is 62.5 Å². The summed E-state index contributed by atoms with van der Waals surface area (Å²) in [6.07, 6.45) is 1.66. The van der Waals surface area contributed by atoms with Gasteiger partial charge in [0.1, 0.15) is 11.5 Å². The lowest BCUT2D eigenvalue weighted by Gasteiger charge is -2.25. The maximum atomic E-state index is 13.4. The van der Waals surface area contributed by atoms with Crippen molar-refractivity contribution in [2.75, 3.05) is 45.9 Å². The second-order valence-electron chi connectivity index (χ2n) is 11.3. The van der Waals surface area contributed by atoms with Gasteiger partial charge in [0, 0.05) is 44.9 Å². The number of nitrogens with one attached hydrogen (secondary N) is 1. The summed E-state index contributed by atoms with van der Waals surface area (Å²) in [5.41, 5.74) is 2.79. The Hall–Kier alpha value is -3.42. The summed E-state index contributed by atoms with van der Waals surface area (Å²) < 4.78 is 11.4. The van der Waals surface area contributed by atoms with E-state index >= 15 is 0 Å². The van der Waals surface area contributed by atoms with Crippen LogP contribution in [0.4, 0.5) is 0 Å². The Bertz CT molecular complexity index is 1270. The molecular weight excluding hydrogens is 490 g/mol. The Kier molecular flexibility index (Phi) is 7.53. The minimum absolute atomic E-state index is 0.0132. The zero-order valence-electron chi connectivity index (χ0n) is 22.6. The number of aryl methyl sites for hydroxylation is 1. The van der Waals surface area contributed by atoms with Crippen LogP contribution in [-0.2, 0) is 9.53 Å². The van der Waals surface area contributed by atoms with Crippen molar-refractivity contribution < 1.29 is 18.7 Å². The predicted octanol–water partition coefficient (Wildman–Crippen LogP) is 4.54. The van der Waals surface area contributed by atoms with E-state index in [1.165, 1.54) is 0 Å². The van der Waals surface area contributed by atoms with E-state index in [0.29, 0.717) is 36.4 Å². The van der Waals surface area contributed by atoms with Gasteiger partial charge in [0.05, 0.1) is 24.1 Å². The highest BCUT2D eigenvalue weighted by Crippen LogP contribution is 2.34. The van der Waals surface area contributed by atoms with Gasteiger partial charge in [-0.1, -0.05) is 60.7 Å². The van der Waals surface area contributed by atoms with Crippen LogP contribution >= 0.6 is 0 Å². The van der Waals surface area contributed by atoms with Crippen LogP contribution in [0.3, 0.4) is 0 Å². The van der Waals surface area contributed by atoms with E-state index in [1.807, 2.05) is 66.4 Å². The molecule has 3 aromatic rings. The quantitative estimate of drug-likeness (QED) is 0.466. The monoisotopic (exact) mass is 527 g/mol. The molecule has 3 fully saturated rings. The maximum Gasteiger partial charge on any atom is 0.257 e. The SMILES string of the molecule is Cc1oc(-c2ccccc2)cc1C(=O)N1CC2CN(CC[C@H](NC(=O)C3CCOC3)c3ccccc3)CC2C1.